The van der Waals surface area contributed by atoms with Gasteiger partial charge in [0.15, 0.2) is 0 Å². The average Bonchev–Trinajstić information content (AvgIpc) is 2.96. The first-order valence-corrected chi connectivity index (χ1v) is 9.73. The standard InChI is InChI=1S/C20H27ClN4O2/c1-13-5-6-16-15(18(13)21)11-17(25(16)3)19(27)24-20(7-4-9-22-12-20)8-10-23-14(2)26/h5-6,11,22H,4,7-10,12H2,1-3H3,(H,23,26)(H,24,27). The van der Waals surface area contributed by atoms with E-state index in [1.54, 1.807) is 0 Å². The van der Waals surface area contributed by atoms with Gasteiger partial charge in [-0.3, -0.25) is 9.59 Å². The second-order valence-electron chi connectivity index (χ2n) is 7.47. The van der Waals surface area contributed by atoms with Gasteiger partial charge in [-0.2, -0.15) is 0 Å². The van der Waals surface area contributed by atoms with Gasteiger partial charge in [0.2, 0.25) is 5.91 Å². The molecule has 2 amide bonds. The molecule has 0 aliphatic carbocycles. The third-order valence-corrected chi connectivity index (χ3v) is 5.92. The molecule has 7 heteroatoms. The summed E-state index contributed by atoms with van der Waals surface area (Å²) < 4.78 is 1.88. The normalized spacial score (nSPS) is 19.9. The smallest absolute Gasteiger partial charge is 0.268 e. The van der Waals surface area contributed by atoms with Crippen molar-refractivity contribution in [1.82, 2.24) is 20.5 Å². The second kappa shape index (κ2) is 7.90. The van der Waals surface area contributed by atoms with Crippen molar-refractivity contribution in [1.29, 1.82) is 0 Å². The molecule has 2 heterocycles. The fourth-order valence-corrected chi connectivity index (χ4v) is 4.05. The Balaban J connectivity index is 1.85. The largest absolute Gasteiger partial charge is 0.356 e. The molecule has 1 saturated heterocycles. The Kier molecular flexibility index (Phi) is 5.77. The van der Waals surface area contributed by atoms with E-state index in [4.69, 9.17) is 11.6 Å². The molecule has 1 atom stereocenters. The summed E-state index contributed by atoms with van der Waals surface area (Å²) in [5.74, 6) is -0.173. The predicted octanol–water partition coefficient (Wildman–Crippen LogP) is 2.52. The number of nitrogens with zero attached hydrogens (tertiary/aromatic N) is 1. The zero-order chi connectivity index (χ0) is 19.6. The molecule has 27 heavy (non-hydrogen) atoms. The van der Waals surface area contributed by atoms with Crippen molar-refractivity contribution in [2.45, 2.75) is 38.6 Å². The first-order valence-electron chi connectivity index (χ1n) is 9.35. The average molecular weight is 391 g/mol. The van der Waals surface area contributed by atoms with Crippen molar-refractivity contribution < 1.29 is 9.59 Å². The summed E-state index contributed by atoms with van der Waals surface area (Å²) in [6.45, 7) is 5.64. The Labute approximate surface area is 164 Å². The molecule has 3 N–H and O–H groups in total. The molecule has 0 radical (unpaired) electrons. The molecular weight excluding hydrogens is 364 g/mol. The minimum absolute atomic E-state index is 0.0565. The Morgan fingerprint density at radius 1 is 1.37 bits per heavy atom. The van der Waals surface area contributed by atoms with Gasteiger partial charge in [0.05, 0.1) is 10.6 Å². The molecule has 0 bridgehead atoms. The van der Waals surface area contributed by atoms with E-state index >= 15 is 0 Å². The fourth-order valence-electron chi connectivity index (χ4n) is 3.84. The van der Waals surface area contributed by atoms with E-state index in [-0.39, 0.29) is 17.4 Å². The maximum atomic E-state index is 13.1. The van der Waals surface area contributed by atoms with Gasteiger partial charge < -0.3 is 20.5 Å². The highest BCUT2D eigenvalue weighted by atomic mass is 35.5. The maximum absolute atomic E-state index is 13.1. The Morgan fingerprint density at radius 3 is 2.81 bits per heavy atom. The molecular formula is C20H27ClN4O2. The summed E-state index contributed by atoms with van der Waals surface area (Å²) >= 11 is 6.44. The lowest BCUT2D eigenvalue weighted by molar-refractivity contribution is -0.119. The molecule has 0 spiro atoms. The van der Waals surface area contributed by atoms with Gasteiger partial charge >= 0.3 is 0 Å². The van der Waals surface area contributed by atoms with E-state index in [0.717, 1.165) is 35.9 Å². The van der Waals surface area contributed by atoms with Crippen LogP contribution in [0.3, 0.4) is 0 Å². The van der Waals surface area contributed by atoms with Crippen LogP contribution in [-0.2, 0) is 11.8 Å². The zero-order valence-electron chi connectivity index (χ0n) is 16.1. The Bertz CT molecular complexity index is 868. The molecule has 146 valence electrons. The Hall–Kier alpha value is -2.05. The number of nitrogens with one attached hydrogen (secondary N) is 3. The Morgan fingerprint density at radius 2 is 2.15 bits per heavy atom. The van der Waals surface area contributed by atoms with Gasteiger partial charge in [0.25, 0.3) is 5.91 Å². The van der Waals surface area contributed by atoms with Crippen molar-refractivity contribution in [2.24, 2.45) is 7.05 Å². The molecule has 1 aromatic heterocycles. The third-order valence-electron chi connectivity index (χ3n) is 5.41. The molecule has 2 aromatic rings. The third kappa shape index (κ3) is 4.12. The highest BCUT2D eigenvalue weighted by molar-refractivity contribution is 6.36. The van der Waals surface area contributed by atoms with Crippen LogP contribution in [0, 0.1) is 6.92 Å². The maximum Gasteiger partial charge on any atom is 0.268 e. The van der Waals surface area contributed by atoms with Crippen molar-refractivity contribution in [3.63, 3.8) is 0 Å². The quantitative estimate of drug-likeness (QED) is 0.734. The van der Waals surface area contributed by atoms with Crippen LogP contribution < -0.4 is 16.0 Å². The highest BCUT2D eigenvalue weighted by Crippen LogP contribution is 2.30. The van der Waals surface area contributed by atoms with E-state index < -0.39 is 0 Å². The number of carbonyl (C=O) groups excluding carboxylic acids is 2. The van der Waals surface area contributed by atoms with Gasteiger partial charge in [-0.15, -0.1) is 0 Å². The number of piperidine rings is 1. The molecule has 1 aliphatic heterocycles. The van der Waals surface area contributed by atoms with E-state index in [2.05, 4.69) is 16.0 Å². The van der Waals surface area contributed by atoms with Crippen LogP contribution in [-0.4, -0.2) is 41.6 Å². The van der Waals surface area contributed by atoms with Gasteiger partial charge in [0.1, 0.15) is 5.69 Å². The molecule has 1 unspecified atom stereocenters. The number of aromatic nitrogens is 1. The van der Waals surface area contributed by atoms with Crippen molar-refractivity contribution in [2.75, 3.05) is 19.6 Å². The van der Waals surface area contributed by atoms with Gasteiger partial charge in [-0.05, 0) is 50.4 Å². The van der Waals surface area contributed by atoms with Crippen molar-refractivity contribution in [3.8, 4) is 0 Å². The van der Waals surface area contributed by atoms with Crippen LogP contribution in [0.2, 0.25) is 5.02 Å². The van der Waals surface area contributed by atoms with Crippen LogP contribution in [0.5, 0.6) is 0 Å². The number of hydrogen-bond acceptors (Lipinski definition) is 3. The number of amides is 2. The van der Waals surface area contributed by atoms with Gasteiger partial charge in [-0.1, -0.05) is 17.7 Å². The molecule has 1 aliphatic rings. The number of rotatable bonds is 5. The van der Waals surface area contributed by atoms with Crippen molar-refractivity contribution >= 4 is 34.3 Å². The molecule has 1 aromatic carbocycles. The number of fused-ring (bicyclic) bond motifs is 1. The number of hydrogen-bond donors (Lipinski definition) is 3. The molecule has 6 nitrogen and oxygen atoms in total. The molecule has 1 fully saturated rings. The zero-order valence-corrected chi connectivity index (χ0v) is 16.9. The van der Waals surface area contributed by atoms with Crippen LogP contribution in [0.4, 0.5) is 0 Å². The second-order valence-corrected chi connectivity index (χ2v) is 7.84. The molecule has 3 rings (SSSR count). The number of carbonyl (C=O) groups is 2. The summed E-state index contributed by atoms with van der Waals surface area (Å²) in [5, 5.41) is 11.0. The van der Waals surface area contributed by atoms with Crippen molar-refractivity contribution in [3.05, 3.63) is 34.5 Å². The lowest BCUT2D eigenvalue weighted by atomic mass is 9.86. The minimum Gasteiger partial charge on any atom is -0.356 e. The summed E-state index contributed by atoms with van der Waals surface area (Å²) in [6, 6.07) is 5.81. The van der Waals surface area contributed by atoms with Crippen LogP contribution in [0.15, 0.2) is 18.2 Å². The van der Waals surface area contributed by atoms with E-state index in [9.17, 15) is 9.59 Å². The number of halogens is 1. The van der Waals surface area contributed by atoms with Crippen LogP contribution in [0.25, 0.3) is 10.9 Å². The fraction of sp³-hybridized carbons (Fsp3) is 0.500. The summed E-state index contributed by atoms with van der Waals surface area (Å²) in [4.78, 5) is 24.3. The lowest BCUT2D eigenvalue weighted by Gasteiger charge is -2.38. The van der Waals surface area contributed by atoms with E-state index in [1.807, 2.05) is 36.7 Å². The SMILES string of the molecule is CC(=O)NCCC1(NC(=O)c2cc3c(Cl)c(C)ccc3n2C)CCCNC1. The predicted molar refractivity (Wildman–Crippen MR) is 108 cm³/mol. The van der Waals surface area contributed by atoms with E-state index in [1.165, 1.54) is 6.92 Å². The monoisotopic (exact) mass is 390 g/mol. The van der Waals surface area contributed by atoms with Crippen LogP contribution in [0.1, 0.15) is 42.2 Å². The number of aryl methyl sites for hydroxylation is 2. The van der Waals surface area contributed by atoms with Crippen LogP contribution >= 0.6 is 11.6 Å². The van der Waals surface area contributed by atoms with Gasteiger partial charge in [-0.25, -0.2) is 0 Å². The van der Waals surface area contributed by atoms with E-state index in [0.29, 0.717) is 30.2 Å². The topological polar surface area (TPSA) is 75.2 Å². The molecule has 0 saturated carbocycles. The number of benzene rings is 1. The first-order chi connectivity index (χ1) is 12.8. The summed E-state index contributed by atoms with van der Waals surface area (Å²) in [6.07, 6.45) is 2.56. The minimum atomic E-state index is -0.367. The summed E-state index contributed by atoms with van der Waals surface area (Å²) in [5.41, 5.74) is 2.14. The lowest BCUT2D eigenvalue weighted by Crippen LogP contribution is -2.58. The summed E-state index contributed by atoms with van der Waals surface area (Å²) in [7, 11) is 1.88. The highest BCUT2D eigenvalue weighted by Gasteiger charge is 2.34. The first kappa shape index (κ1) is 19.7. The van der Waals surface area contributed by atoms with Gasteiger partial charge in [0, 0.05) is 38.0 Å².